The molecule has 0 spiro atoms. The van der Waals surface area contributed by atoms with Gasteiger partial charge in [-0.1, -0.05) is 53.0 Å². The van der Waals surface area contributed by atoms with Crippen LogP contribution in [0.15, 0.2) is 61.2 Å². The molecule has 1 saturated heterocycles. The Morgan fingerprint density at radius 2 is 1.62 bits per heavy atom. The smallest absolute Gasteiger partial charge is 0.414 e. The Balaban J connectivity index is 0.000000353. The summed E-state index contributed by atoms with van der Waals surface area (Å²) in [5, 5.41) is 16.6. The minimum Gasteiger partial charge on any atom is -0.473 e. The van der Waals surface area contributed by atoms with Crippen molar-refractivity contribution in [2.45, 2.75) is 11.8 Å². The Kier molecular flexibility index (Phi) is 6.14. The summed E-state index contributed by atoms with van der Waals surface area (Å²) < 4.78 is 8.05. The van der Waals surface area contributed by atoms with Crippen molar-refractivity contribution in [3.05, 3.63) is 87.4 Å². The minimum atomic E-state index is -1.82. The molecule has 2 heterocycles. The number of nitrogens with zero attached hydrogens (tertiary/aromatic N) is 2. The molecule has 0 aliphatic carbocycles. The Morgan fingerprint density at radius 3 is 2.14 bits per heavy atom. The first-order valence-corrected chi connectivity index (χ1v) is 9.22. The van der Waals surface area contributed by atoms with Gasteiger partial charge in [-0.2, -0.15) is 0 Å². The van der Waals surface area contributed by atoms with Crippen LogP contribution in [0.2, 0.25) is 15.1 Å². The average Bonchev–Trinajstić information content (AvgIpc) is 3.17. The second kappa shape index (κ2) is 8.42. The first-order chi connectivity index (χ1) is 13.8. The molecule has 2 atom stereocenters. The molecule has 150 valence electrons. The molecule has 0 amide bonds. The number of imidazole rings is 1. The van der Waals surface area contributed by atoms with Crippen molar-refractivity contribution in [2.24, 2.45) is 0 Å². The van der Waals surface area contributed by atoms with Gasteiger partial charge in [-0.05, 0) is 29.8 Å². The first-order valence-electron chi connectivity index (χ1n) is 8.08. The third-order valence-corrected chi connectivity index (χ3v) is 4.97. The lowest BCUT2D eigenvalue weighted by molar-refractivity contribution is -0.159. The molecular formula is C19H13Cl3N2O5. The molecule has 1 aromatic heterocycles. The van der Waals surface area contributed by atoms with Gasteiger partial charge in [0.1, 0.15) is 0 Å². The number of ether oxygens (including phenoxy) is 1. The molecule has 29 heavy (non-hydrogen) atoms. The van der Waals surface area contributed by atoms with E-state index in [0.717, 1.165) is 11.1 Å². The fraction of sp³-hybridized carbons (Fsp3) is 0.105. The van der Waals surface area contributed by atoms with Gasteiger partial charge in [0.05, 0.1) is 6.33 Å². The SMILES string of the molecule is Clc1ccc(C2(c3ccc(Cl)cc3Cl)OC2n2ccnc2)cc1.O=C(O)C(=O)O. The zero-order valence-corrected chi connectivity index (χ0v) is 16.8. The Morgan fingerprint density at radius 1 is 1.00 bits per heavy atom. The van der Waals surface area contributed by atoms with E-state index < -0.39 is 17.5 Å². The van der Waals surface area contributed by atoms with Crippen LogP contribution in [0.5, 0.6) is 0 Å². The van der Waals surface area contributed by atoms with Crippen LogP contribution in [-0.2, 0) is 19.9 Å². The first kappa shape index (κ1) is 21.1. The number of benzene rings is 2. The number of epoxide rings is 1. The number of carboxylic acid groups (broad SMARTS) is 2. The van der Waals surface area contributed by atoms with Crippen molar-refractivity contribution >= 4 is 46.7 Å². The summed E-state index contributed by atoms with van der Waals surface area (Å²) in [7, 11) is 0. The summed E-state index contributed by atoms with van der Waals surface area (Å²) in [6.45, 7) is 0. The van der Waals surface area contributed by atoms with Crippen molar-refractivity contribution in [3.63, 3.8) is 0 Å². The van der Waals surface area contributed by atoms with E-state index in [2.05, 4.69) is 4.98 Å². The van der Waals surface area contributed by atoms with Gasteiger partial charge in [-0.15, -0.1) is 0 Å². The molecule has 0 bridgehead atoms. The lowest BCUT2D eigenvalue weighted by atomic mass is 9.90. The number of rotatable bonds is 3. The Labute approximate surface area is 180 Å². The monoisotopic (exact) mass is 454 g/mol. The minimum absolute atomic E-state index is 0.218. The standard InChI is InChI=1S/C17H11Cl3N2O.C2H2O4/c18-12-3-1-11(2-4-12)17(14-6-5-13(19)9-15(14)20)16(23-17)22-8-7-21-10-22;3-1(4)2(5)6/h1-10,16H;(H,3,4)(H,5,6). The van der Waals surface area contributed by atoms with E-state index in [9.17, 15) is 0 Å². The molecule has 4 rings (SSSR count). The summed E-state index contributed by atoms with van der Waals surface area (Å²) in [6.07, 6.45) is 5.10. The van der Waals surface area contributed by atoms with Gasteiger partial charge in [0.25, 0.3) is 0 Å². The van der Waals surface area contributed by atoms with Crippen molar-refractivity contribution < 1.29 is 24.5 Å². The van der Waals surface area contributed by atoms with Gasteiger partial charge in [0.2, 0.25) is 0 Å². The Hall–Kier alpha value is -2.58. The second-order valence-electron chi connectivity index (χ2n) is 5.96. The molecule has 0 radical (unpaired) electrons. The van der Waals surface area contributed by atoms with Gasteiger partial charge < -0.3 is 19.5 Å². The number of halogens is 3. The van der Waals surface area contributed by atoms with Crippen LogP contribution in [0.25, 0.3) is 0 Å². The summed E-state index contributed by atoms with van der Waals surface area (Å²) in [4.78, 5) is 22.3. The lowest BCUT2D eigenvalue weighted by Crippen LogP contribution is -2.15. The molecule has 2 unspecified atom stereocenters. The molecule has 7 nitrogen and oxygen atoms in total. The maximum Gasteiger partial charge on any atom is 0.414 e. The summed E-state index contributed by atoms with van der Waals surface area (Å²) in [5.74, 6) is -3.65. The highest BCUT2D eigenvalue weighted by Gasteiger charge is 2.61. The molecule has 2 N–H and O–H groups in total. The van der Waals surface area contributed by atoms with E-state index in [1.165, 1.54) is 0 Å². The predicted octanol–water partition coefficient (Wildman–Crippen LogP) is 4.47. The van der Waals surface area contributed by atoms with E-state index in [0.29, 0.717) is 15.1 Å². The van der Waals surface area contributed by atoms with Gasteiger partial charge in [-0.3, -0.25) is 0 Å². The second-order valence-corrected chi connectivity index (χ2v) is 7.24. The normalized spacial score (nSPS) is 19.8. The highest BCUT2D eigenvalue weighted by molar-refractivity contribution is 6.35. The number of aromatic nitrogens is 2. The molecule has 1 aliphatic rings. The largest absolute Gasteiger partial charge is 0.473 e. The maximum absolute atomic E-state index is 9.10. The van der Waals surface area contributed by atoms with Crippen LogP contribution in [0, 0.1) is 0 Å². The third-order valence-electron chi connectivity index (χ3n) is 4.17. The molecule has 3 aromatic rings. The summed E-state index contributed by atoms with van der Waals surface area (Å²) in [6, 6.07) is 13.0. The molecule has 2 aromatic carbocycles. The van der Waals surface area contributed by atoms with E-state index in [4.69, 9.17) is 59.3 Å². The third kappa shape index (κ3) is 4.38. The fourth-order valence-electron chi connectivity index (χ4n) is 2.87. The van der Waals surface area contributed by atoms with Crippen LogP contribution < -0.4 is 0 Å². The quantitative estimate of drug-likeness (QED) is 0.446. The lowest BCUT2D eigenvalue weighted by Gasteiger charge is -2.16. The highest BCUT2D eigenvalue weighted by atomic mass is 35.5. The van der Waals surface area contributed by atoms with Gasteiger partial charge in [0.15, 0.2) is 11.8 Å². The van der Waals surface area contributed by atoms with Crippen LogP contribution in [0.1, 0.15) is 17.4 Å². The zero-order valence-electron chi connectivity index (χ0n) is 14.5. The topological polar surface area (TPSA) is 105 Å². The molecular weight excluding hydrogens is 443 g/mol. The van der Waals surface area contributed by atoms with Crippen molar-refractivity contribution in [1.82, 2.24) is 9.55 Å². The van der Waals surface area contributed by atoms with Crippen molar-refractivity contribution in [3.8, 4) is 0 Å². The number of carbonyl (C=O) groups is 2. The molecule has 0 saturated carbocycles. The fourth-order valence-corrected chi connectivity index (χ4v) is 3.55. The maximum atomic E-state index is 9.10. The van der Waals surface area contributed by atoms with E-state index in [1.54, 1.807) is 18.6 Å². The number of aliphatic carboxylic acids is 2. The van der Waals surface area contributed by atoms with Gasteiger partial charge in [-0.25, -0.2) is 14.6 Å². The number of hydrogen-bond acceptors (Lipinski definition) is 4. The molecule has 1 fully saturated rings. The Bertz CT molecular complexity index is 1030. The van der Waals surface area contributed by atoms with Gasteiger partial charge >= 0.3 is 11.9 Å². The number of hydrogen-bond donors (Lipinski definition) is 2. The molecule has 10 heteroatoms. The average molecular weight is 456 g/mol. The van der Waals surface area contributed by atoms with Crippen molar-refractivity contribution in [2.75, 3.05) is 0 Å². The predicted molar refractivity (Wildman–Crippen MR) is 106 cm³/mol. The zero-order chi connectivity index (χ0) is 21.2. The highest BCUT2D eigenvalue weighted by Crippen LogP contribution is 2.60. The van der Waals surface area contributed by atoms with Crippen LogP contribution in [-0.4, -0.2) is 31.7 Å². The summed E-state index contributed by atoms with van der Waals surface area (Å²) >= 11 is 18.5. The van der Waals surface area contributed by atoms with E-state index in [-0.39, 0.29) is 6.23 Å². The summed E-state index contributed by atoms with van der Waals surface area (Å²) in [5.41, 5.74) is 1.17. The molecule has 1 aliphatic heterocycles. The van der Waals surface area contributed by atoms with Gasteiger partial charge in [0, 0.05) is 33.0 Å². The van der Waals surface area contributed by atoms with Crippen LogP contribution in [0.4, 0.5) is 0 Å². The van der Waals surface area contributed by atoms with E-state index >= 15 is 0 Å². The number of carboxylic acids is 2. The van der Waals surface area contributed by atoms with E-state index in [1.807, 2.05) is 47.2 Å². The van der Waals surface area contributed by atoms with Crippen LogP contribution >= 0.6 is 34.8 Å². The van der Waals surface area contributed by atoms with Crippen molar-refractivity contribution in [1.29, 1.82) is 0 Å². The van der Waals surface area contributed by atoms with Crippen LogP contribution in [0.3, 0.4) is 0 Å².